The number of rotatable bonds is 5. The first-order valence-corrected chi connectivity index (χ1v) is 7.30. The average Bonchev–Trinajstić information content (AvgIpc) is 2.36. The summed E-state index contributed by atoms with van der Waals surface area (Å²) in [5.74, 6) is 0.618. The van der Waals surface area contributed by atoms with Crippen LogP contribution in [0.15, 0.2) is 24.3 Å². The van der Waals surface area contributed by atoms with Crippen LogP contribution in [0.4, 0.5) is 4.39 Å². The lowest BCUT2D eigenvalue weighted by Gasteiger charge is -2.30. The lowest BCUT2D eigenvalue weighted by Crippen LogP contribution is -2.40. The van der Waals surface area contributed by atoms with E-state index in [1.807, 2.05) is 6.07 Å². The molecule has 1 aliphatic rings. The number of piperidine rings is 1. The molecule has 2 rings (SSSR count). The fraction of sp³-hybridized carbons (Fsp3) is 0.625. The molecule has 1 aromatic rings. The third-order valence-corrected chi connectivity index (χ3v) is 3.91. The van der Waals surface area contributed by atoms with Gasteiger partial charge in [-0.05, 0) is 69.9 Å². The molecule has 0 spiro atoms. The molecule has 1 fully saturated rings. The van der Waals surface area contributed by atoms with Crippen LogP contribution in [0.25, 0.3) is 0 Å². The number of likely N-dealkylation sites (tertiary alicyclic amines) is 1. The van der Waals surface area contributed by atoms with Crippen molar-refractivity contribution in [3.63, 3.8) is 0 Å². The van der Waals surface area contributed by atoms with Gasteiger partial charge in [0, 0.05) is 12.6 Å². The highest BCUT2D eigenvalue weighted by atomic mass is 19.1. The molecule has 2 unspecified atom stereocenters. The Bertz CT molecular complexity index is 394. The van der Waals surface area contributed by atoms with Crippen molar-refractivity contribution >= 4 is 0 Å². The minimum absolute atomic E-state index is 0.140. The molecule has 0 saturated carbocycles. The molecule has 2 nitrogen and oxygen atoms in total. The van der Waals surface area contributed by atoms with Gasteiger partial charge in [0.2, 0.25) is 0 Å². The van der Waals surface area contributed by atoms with E-state index in [9.17, 15) is 4.39 Å². The molecular weight excluding hydrogens is 239 g/mol. The van der Waals surface area contributed by atoms with Crippen molar-refractivity contribution in [1.29, 1.82) is 0 Å². The normalized spacial score (nSPS) is 22.4. The maximum atomic E-state index is 13.1. The zero-order valence-corrected chi connectivity index (χ0v) is 12.0. The van der Waals surface area contributed by atoms with E-state index in [1.54, 1.807) is 12.1 Å². The van der Waals surface area contributed by atoms with E-state index >= 15 is 0 Å². The van der Waals surface area contributed by atoms with Gasteiger partial charge >= 0.3 is 0 Å². The average molecular weight is 264 g/mol. The number of halogens is 1. The highest BCUT2D eigenvalue weighted by Crippen LogP contribution is 2.14. The summed E-state index contributed by atoms with van der Waals surface area (Å²) >= 11 is 0. The van der Waals surface area contributed by atoms with E-state index in [4.69, 9.17) is 0 Å². The zero-order valence-electron chi connectivity index (χ0n) is 12.0. The van der Waals surface area contributed by atoms with E-state index in [1.165, 1.54) is 32.0 Å². The summed E-state index contributed by atoms with van der Waals surface area (Å²) in [5, 5.41) is 3.59. The Morgan fingerprint density at radius 3 is 3.05 bits per heavy atom. The van der Waals surface area contributed by atoms with Crippen molar-refractivity contribution < 1.29 is 4.39 Å². The first kappa shape index (κ1) is 14.5. The van der Waals surface area contributed by atoms with E-state index < -0.39 is 0 Å². The van der Waals surface area contributed by atoms with Gasteiger partial charge in [0.05, 0.1) is 0 Å². The van der Waals surface area contributed by atoms with Crippen LogP contribution in [0, 0.1) is 11.7 Å². The van der Waals surface area contributed by atoms with Crippen LogP contribution < -0.4 is 5.32 Å². The SMILES string of the molecule is CC(Cc1cccc(F)c1)NCC1CCCN(C)C1. The van der Waals surface area contributed by atoms with Crippen molar-refractivity contribution in [2.75, 3.05) is 26.7 Å². The molecule has 1 aromatic carbocycles. The van der Waals surface area contributed by atoms with Crippen LogP contribution in [0.1, 0.15) is 25.3 Å². The maximum absolute atomic E-state index is 13.1. The van der Waals surface area contributed by atoms with E-state index in [-0.39, 0.29) is 5.82 Å². The minimum Gasteiger partial charge on any atom is -0.314 e. The monoisotopic (exact) mass is 264 g/mol. The fourth-order valence-corrected chi connectivity index (χ4v) is 2.90. The molecule has 0 aromatic heterocycles. The molecule has 2 atom stereocenters. The van der Waals surface area contributed by atoms with Gasteiger partial charge in [0.1, 0.15) is 5.82 Å². The van der Waals surface area contributed by atoms with Gasteiger partial charge in [-0.2, -0.15) is 0 Å². The number of nitrogens with one attached hydrogen (secondary N) is 1. The van der Waals surface area contributed by atoms with Gasteiger partial charge in [-0.3, -0.25) is 0 Å². The molecule has 1 heterocycles. The third kappa shape index (κ3) is 4.92. The van der Waals surface area contributed by atoms with Crippen molar-refractivity contribution in [2.24, 2.45) is 5.92 Å². The van der Waals surface area contributed by atoms with Gasteiger partial charge in [0.15, 0.2) is 0 Å². The number of hydrogen-bond acceptors (Lipinski definition) is 2. The second-order valence-corrected chi connectivity index (χ2v) is 5.91. The number of benzene rings is 1. The molecule has 19 heavy (non-hydrogen) atoms. The lowest BCUT2D eigenvalue weighted by molar-refractivity contribution is 0.203. The van der Waals surface area contributed by atoms with E-state index in [0.29, 0.717) is 6.04 Å². The van der Waals surface area contributed by atoms with Gasteiger partial charge in [-0.25, -0.2) is 4.39 Å². The summed E-state index contributed by atoms with van der Waals surface area (Å²) in [6.45, 7) is 5.67. The van der Waals surface area contributed by atoms with Crippen LogP contribution in [0.2, 0.25) is 0 Å². The Labute approximate surface area is 116 Å². The smallest absolute Gasteiger partial charge is 0.123 e. The summed E-state index contributed by atoms with van der Waals surface area (Å²) in [6.07, 6.45) is 3.52. The molecule has 0 bridgehead atoms. The second-order valence-electron chi connectivity index (χ2n) is 5.91. The standard InChI is InChI=1S/C16H25FN2/c1-13(9-14-5-3-7-16(17)10-14)18-11-15-6-4-8-19(2)12-15/h3,5,7,10,13,15,18H,4,6,8-9,11-12H2,1-2H3. The van der Waals surface area contributed by atoms with Gasteiger partial charge in [-0.15, -0.1) is 0 Å². The molecular formula is C16H25FN2. The van der Waals surface area contributed by atoms with Crippen molar-refractivity contribution in [2.45, 2.75) is 32.2 Å². The quantitative estimate of drug-likeness (QED) is 0.879. The van der Waals surface area contributed by atoms with Crippen molar-refractivity contribution in [3.8, 4) is 0 Å². The topological polar surface area (TPSA) is 15.3 Å². The summed E-state index contributed by atoms with van der Waals surface area (Å²) in [7, 11) is 2.20. The lowest BCUT2D eigenvalue weighted by atomic mass is 9.98. The molecule has 106 valence electrons. The van der Waals surface area contributed by atoms with Crippen LogP contribution >= 0.6 is 0 Å². The number of hydrogen-bond donors (Lipinski definition) is 1. The second kappa shape index (κ2) is 7.01. The Morgan fingerprint density at radius 1 is 1.47 bits per heavy atom. The van der Waals surface area contributed by atoms with Crippen molar-refractivity contribution in [1.82, 2.24) is 10.2 Å². The Morgan fingerprint density at radius 2 is 2.32 bits per heavy atom. The molecule has 0 radical (unpaired) electrons. The third-order valence-electron chi connectivity index (χ3n) is 3.91. The predicted molar refractivity (Wildman–Crippen MR) is 77.8 cm³/mol. The highest BCUT2D eigenvalue weighted by Gasteiger charge is 2.17. The largest absolute Gasteiger partial charge is 0.314 e. The zero-order chi connectivity index (χ0) is 13.7. The first-order chi connectivity index (χ1) is 9.13. The molecule has 0 amide bonds. The van der Waals surface area contributed by atoms with Gasteiger partial charge < -0.3 is 10.2 Å². The van der Waals surface area contributed by atoms with Crippen molar-refractivity contribution in [3.05, 3.63) is 35.6 Å². The molecule has 1 saturated heterocycles. The highest BCUT2D eigenvalue weighted by molar-refractivity contribution is 5.17. The summed E-state index contributed by atoms with van der Waals surface area (Å²) in [4.78, 5) is 2.41. The van der Waals surface area contributed by atoms with Gasteiger partial charge in [0.25, 0.3) is 0 Å². The number of nitrogens with zero attached hydrogens (tertiary/aromatic N) is 1. The Balaban J connectivity index is 1.73. The maximum Gasteiger partial charge on any atom is 0.123 e. The van der Waals surface area contributed by atoms with E-state index in [0.717, 1.165) is 24.4 Å². The van der Waals surface area contributed by atoms with Crippen LogP contribution in [-0.4, -0.2) is 37.6 Å². The molecule has 1 N–H and O–H groups in total. The Hall–Kier alpha value is -0.930. The predicted octanol–water partition coefficient (Wildman–Crippen LogP) is 2.69. The first-order valence-electron chi connectivity index (χ1n) is 7.30. The summed E-state index contributed by atoms with van der Waals surface area (Å²) < 4.78 is 13.1. The van der Waals surface area contributed by atoms with E-state index in [2.05, 4.69) is 24.2 Å². The van der Waals surface area contributed by atoms with Crippen LogP contribution in [0.3, 0.4) is 0 Å². The Kier molecular flexibility index (Phi) is 5.34. The summed E-state index contributed by atoms with van der Waals surface area (Å²) in [5.41, 5.74) is 1.07. The summed E-state index contributed by atoms with van der Waals surface area (Å²) in [6, 6.07) is 7.31. The van der Waals surface area contributed by atoms with Gasteiger partial charge in [-0.1, -0.05) is 12.1 Å². The van der Waals surface area contributed by atoms with Crippen LogP contribution in [0.5, 0.6) is 0 Å². The fourth-order valence-electron chi connectivity index (χ4n) is 2.90. The molecule has 0 aliphatic carbocycles. The van der Waals surface area contributed by atoms with Crippen LogP contribution in [-0.2, 0) is 6.42 Å². The molecule has 1 aliphatic heterocycles. The minimum atomic E-state index is -0.140. The molecule has 3 heteroatoms.